The number of hydrogen-bond acceptors (Lipinski definition) is 5. The van der Waals surface area contributed by atoms with Crippen molar-refractivity contribution in [2.24, 2.45) is 7.05 Å². The lowest BCUT2D eigenvalue weighted by Gasteiger charge is -2.20. The van der Waals surface area contributed by atoms with E-state index in [1.54, 1.807) is 23.1 Å². The van der Waals surface area contributed by atoms with E-state index in [4.69, 9.17) is 0 Å². The van der Waals surface area contributed by atoms with E-state index >= 15 is 0 Å². The van der Waals surface area contributed by atoms with Crippen LogP contribution in [-0.4, -0.2) is 39.2 Å². The van der Waals surface area contributed by atoms with Gasteiger partial charge in [-0.2, -0.15) is 5.10 Å². The second kappa shape index (κ2) is 5.72. The predicted octanol–water partition coefficient (Wildman–Crippen LogP) is 2.41. The molecular formula is C16H23N5OS. The molecule has 0 fully saturated rings. The molecule has 0 bridgehead atoms. The minimum Gasteiger partial charge on any atom is -0.301 e. The van der Waals surface area contributed by atoms with E-state index in [2.05, 4.69) is 48.1 Å². The van der Waals surface area contributed by atoms with E-state index in [0.29, 0.717) is 10.8 Å². The number of hydrogen-bond donors (Lipinski definition) is 1. The molecule has 6 nitrogen and oxygen atoms in total. The normalized spacial score (nSPS) is 15.5. The van der Waals surface area contributed by atoms with Crippen molar-refractivity contribution in [1.82, 2.24) is 19.7 Å². The Morgan fingerprint density at radius 2 is 2.09 bits per heavy atom. The summed E-state index contributed by atoms with van der Waals surface area (Å²) in [6.45, 7) is 8.18. The molecule has 0 unspecified atom stereocenters. The summed E-state index contributed by atoms with van der Waals surface area (Å²) < 4.78 is 1.64. The Kier molecular flexibility index (Phi) is 4.01. The molecule has 124 valence electrons. The lowest BCUT2D eigenvalue weighted by Crippen LogP contribution is -2.25. The number of aromatic nitrogens is 3. The monoisotopic (exact) mass is 333 g/mol. The van der Waals surface area contributed by atoms with Crippen molar-refractivity contribution in [3.05, 3.63) is 28.0 Å². The number of anilines is 1. The first-order valence-electron chi connectivity index (χ1n) is 7.77. The summed E-state index contributed by atoms with van der Waals surface area (Å²) in [6, 6.07) is 1.86. The van der Waals surface area contributed by atoms with Gasteiger partial charge in [0.05, 0.1) is 11.4 Å². The maximum Gasteiger partial charge on any atom is 0.275 e. The van der Waals surface area contributed by atoms with Gasteiger partial charge in [0, 0.05) is 36.9 Å². The van der Waals surface area contributed by atoms with E-state index in [-0.39, 0.29) is 11.3 Å². The van der Waals surface area contributed by atoms with E-state index in [1.165, 1.54) is 4.88 Å². The van der Waals surface area contributed by atoms with Crippen molar-refractivity contribution < 1.29 is 4.79 Å². The molecule has 3 rings (SSSR count). The van der Waals surface area contributed by atoms with E-state index in [0.717, 1.165) is 30.9 Å². The molecule has 0 spiro atoms. The van der Waals surface area contributed by atoms with Crippen molar-refractivity contribution in [2.45, 2.75) is 39.2 Å². The Morgan fingerprint density at radius 3 is 2.74 bits per heavy atom. The van der Waals surface area contributed by atoms with Crippen LogP contribution in [0.25, 0.3) is 0 Å². The number of carbonyl (C=O) groups excluding carboxylic acids is 1. The van der Waals surface area contributed by atoms with Crippen molar-refractivity contribution in [1.29, 1.82) is 0 Å². The van der Waals surface area contributed by atoms with Gasteiger partial charge < -0.3 is 4.90 Å². The zero-order chi connectivity index (χ0) is 16.8. The Bertz CT molecular complexity index is 740. The molecular weight excluding hydrogens is 310 g/mol. The van der Waals surface area contributed by atoms with Crippen molar-refractivity contribution in [3.63, 3.8) is 0 Å². The molecule has 2 aromatic rings. The molecule has 0 atom stereocenters. The van der Waals surface area contributed by atoms with Gasteiger partial charge in [0.2, 0.25) is 0 Å². The molecule has 1 amide bonds. The number of thiazole rings is 1. The Balaban J connectivity index is 1.79. The molecule has 0 saturated carbocycles. The fourth-order valence-corrected chi connectivity index (χ4v) is 3.67. The number of aryl methyl sites for hydroxylation is 1. The van der Waals surface area contributed by atoms with Crippen LogP contribution in [0.15, 0.2) is 6.07 Å². The second-order valence-corrected chi connectivity index (χ2v) is 8.20. The molecule has 0 aliphatic carbocycles. The van der Waals surface area contributed by atoms with Crippen LogP contribution >= 0.6 is 11.3 Å². The third-order valence-corrected chi connectivity index (χ3v) is 5.02. The first kappa shape index (κ1) is 16.1. The summed E-state index contributed by atoms with van der Waals surface area (Å²) in [7, 11) is 3.90. The largest absolute Gasteiger partial charge is 0.301 e. The van der Waals surface area contributed by atoms with Gasteiger partial charge in [-0.05, 0) is 13.1 Å². The first-order valence-corrected chi connectivity index (χ1v) is 8.58. The van der Waals surface area contributed by atoms with Crippen LogP contribution in [0.2, 0.25) is 0 Å². The SMILES string of the molecule is CN1CCc2nc(NC(=O)c3cc(C(C)(C)C)nn3C)sc2C1. The number of fused-ring (bicyclic) bond motifs is 1. The Morgan fingerprint density at radius 1 is 1.35 bits per heavy atom. The third-order valence-electron chi connectivity index (χ3n) is 4.02. The van der Waals surface area contributed by atoms with Gasteiger partial charge in [0.25, 0.3) is 5.91 Å². The average Bonchev–Trinajstić information content (AvgIpc) is 3.00. The maximum absolute atomic E-state index is 12.5. The highest BCUT2D eigenvalue weighted by atomic mass is 32.1. The summed E-state index contributed by atoms with van der Waals surface area (Å²) in [5.74, 6) is -0.157. The minimum atomic E-state index is -0.157. The molecule has 0 aromatic carbocycles. The highest BCUT2D eigenvalue weighted by molar-refractivity contribution is 7.15. The van der Waals surface area contributed by atoms with Crippen LogP contribution in [-0.2, 0) is 25.4 Å². The van der Waals surface area contributed by atoms with E-state index < -0.39 is 0 Å². The predicted molar refractivity (Wildman–Crippen MR) is 92.0 cm³/mol. The van der Waals surface area contributed by atoms with Gasteiger partial charge in [0.1, 0.15) is 5.69 Å². The van der Waals surface area contributed by atoms with Crippen molar-refractivity contribution in [2.75, 3.05) is 18.9 Å². The highest BCUT2D eigenvalue weighted by Gasteiger charge is 2.23. The number of rotatable bonds is 2. The lowest BCUT2D eigenvalue weighted by atomic mass is 9.92. The zero-order valence-corrected chi connectivity index (χ0v) is 15.1. The summed E-state index contributed by atoms with van der Waals surface area (Å²) in [5.41, 5.74) is 2.50. The maximum atomic E-state index is 12.5. The van der Waals surface area contributed by atoms with Gasteiger partial charge in [-0.25, -0.2) is 4.98 Å². The number of likely N-dealkylation sites (N-methyl/N-ethyl adjacent to an activating group) is 1. The second-order valence-electron chi connectivity index (χ2n) is 7.12. The Labute approximate surface area is 140 Å². The molecule has 0 radical (unpaired) electrons. The highest BCUT2D eigenvalue weighted by Crippen LogP contribution is 2.28. The fourth-order valence-electron chi connectivity index (χ4n) is 2.58. The van der Waals surface area contributed by atoms with Crippen LogP contribution in [0.3, 0.4) is 0 Å². The smallest absolute Gasteiger partial charge is 0.275 e. The number of carbonyl (C=O) groups is 1. The molecule has 1 aliphatic rings. The van der Waals surface area contributed by atoms with Gasteiger partial charge in [-0.1, -0.05) is 20.8 Å². The molecule has 7 heteroatoms. The molecule has 0 saturated heterocycles. The van der Waals surface area contributed by atoms with Gasteiger partial charge in [-0.3, -0.25) is 14.8 Å². The zero-order valence-electron chi connectivity index (χ0n) is 14.3. The van der Waals surface area contributed by atoms with Gasteiger partial charge >= 0.3 is 0 Å². The van der Waals surface area contributed by atoms with E-state index in [9.17, 15) is 4.79 Å². The average molecular weight is 333 g/mol. The van der Waals surface area contributed by atoms with Crippen LogP contribution in [0.5, 0.6) is 0 Å². The molecule has 23 heavy (non-hydrogen) atoms. The first-order chi connectivity index (χ1) is 10.7. The Hall–Kier alpha value is -1.73. The summed E-state index contributed by atoms with van der Waals surface area (Å²) in [6.07, 6.45) is 0.943. The van der Waals surface area contributed by atoms with Crippen molar-refractivity contribution in [3.8, 4) is 0 Å². The summed E-state index contributed by atoms with van der Waals surface area (Å²) >= 11 is 1.57. The number of nitrogens with one attached hydrogen (secondary N) is 1. The van der Waals surface area contributed by atoms with Crippen molar-refractivity contribution >= 4 is 22.4 Å². The molecule has 2 aromatic heterocycles. The summed E-state index contributed by atoms with van der Waals surface area (Å²) in [5, 5.41) is 8.05. The summed E-state index contributed by atoms with van der Waals surface area (Å²) in [4.78, 5) is 20.6. The van der Waals surface area contributed by atoms with E-state index in [1.807, 2.05) is 6.07 Å². The van der Waals surface area contributed by atoms with Crippen LogP contribution in [0.4, 0.5) is 5.13 Å². The quantitative estimate of drug-likeness (QED) is 0.917. The number of nitrogens with zero attached hydrogens (tertiary/aromatic N) is 4. The molecule has 3 heterocycles. The van der Waals surface area contributed by atoms with Crippen LogP contribution in [0.1, 0.15) is 47.5 Å². The fraction of sp³-hybridized carbons (Fsp3) is 0.562. The molecule has 1 N–H and O–H groups in total. The molecule has 1 aliphatic heterocycles. The topological polar surface area (TPSA) is 63.1 Å². The third kappa shape index (κ3) is 3.30. The van der Waals surface area contributed by atoms with Crippen LogP contribution < -0.4 is 5.32 Å². The lowest BCUT2D eigenvalue weighted by molar-refractivity contribution is 0.101. The van der Waals surface area contributed by atoms with Gasteiger partial charge in [-0.15, -0.1) is 11.3 Å². The van der Waals surface area contributed by atoms with Gasteiger partial charge in [0.15, 0.2) is 5.13 Å². The number of amides is 1. The van der Waals surface area contributed by atoms with Crippen LogP contribution in [0, 0.1) is 0 Å². The minimum absolute atomic E-state index is 0.0822. The standard InChI is InChI=1S/C16H23N5OS/c1-16(2,3)13-8-11(21(5)19-13)14(22)18-15-17-10-6-7-20(4)9-12(10)23-15/h8H,6-7,9H2,1-5H3,(H,17,18,22).